The van der Waals surface area contributed by atoms with E-state index in [4.69, 9.17) is 11.5 Å². The highest BCUT2D eigenvalue weighted by atomic mass is 19.1. The molecular weight excluding hydrogens is 475 g/mol. The van der Waals surface area contributed by atoms with Crippen LogP contribution in [0, 0.1) is 5.82 Å². The van der Waals surface area contributed by atoms with Crippen molar-refractivity contribution in [1.29, 1.82) is 0 Å². The maximum atomic E-state index is 15.6. The molecule has 2 unspecified atom stereocenters. The number of aromatic nitrogens is 2. The van der Waals surface area contributed by atoms with Crippen LogP contribution in [-0.2, 0) is 4.79 Å². The van der Waals surface area contributed by atoms with E-state index >= 15 is 4.39 Å². The molecule has 0 saturated heterocycles. The summed E-state index contributed by atoms with van der Waals surface area (Å²) in [5, 5.41) is 13.8. The number of imidazole rings is 1. The molecule has 0 bridgehead atoms. The zero-order valence-electron chi connectivity index (χ0n) is 20.5. The number of rotatable bonds is 9. The predicted octanol–water partition coefficient (Wildman–Crippen LogP) is 3.43. The van der Waals surface area contributed by atoms with Gasteiger partial charge in [0, 0.05) is 16.8 Å². The third kappa shape index (κ3) is 5.30. The van der Waals surface area contributed by atoms with Crippen molar-refractivity contribution in [3.05, 3.63) is 77.6 Å². The van der Waals surface area contributed by atoms with E-state index in [1.807, 2.05) is 13.8 Å². The van der Waals surface area contributed by atoms with Crippen molar-refractivity contribution >= 4 is 34.5 Å². The number of aliphatic hydroxyl groups is 1. The lowest BCUT2D eigenvalue weighted by molar-refractivity contribution is -0.127. The van der Waals surface area contributed by atoms with Crippen LogP contribution in [0.4, 0.5) is 16.0 Å². The number of benzene rings is 3. The maximum Gasteiger partial charge on any atom is 0.255 e. The third-order valence-corrected chi connectivity index (χ3v) is 6.36. The number of carbonyl (C=O) groups is 2. The van der Waals surface area contributed by atoms with Gasteiger partial charge in [0.05, 0.1) is 17.1 Å². The highest BCUT2D eigenvalue weighted by Gasteiger charge is 2.33. The fraction of sp³-hybridized carbons (Fsp3) is 0.222. The second kappa shape index (κ2) is 10.8. The van der Waals surface area contributed by atoms with Crippen molar-refractivity contribution in [2.75, 3.05) is 24.1 Å². The molecule has 37 heavy (non-hydrogen) atoms. The summed E-state index contributed by atoms with van der Waals surface area (Å²) in [6.45, 7) is 4.67. The number of carbonyl (C=O) groups excluding carboxylic acids is 2. The number of aliphatic hydroxyl groups excluding tert-OH is 1. The minimum atomic E-state index is -1.58. The van der Waals surface area contributed by atoms with Gasteiger partial charge in [-0.15, -0.1) is 0 Å². The zero-order chi connectivity index (χ0) is 26.7. The molecule has 192 valence electrons. The van der Waals surface area contributed by atoms with Crippen LogP contribution >= 0.6 is 0 Å². The zero-order valence-corrected chi connectivity index (χ0v) is 20.5. The van der Waals surface area contributed by atoms with Gasteiger partial charge in [0.15, 0.2) is 12.1 Å². The number of nitrogens with zero attached hydrogens (tertiary/aromatic N) is 2. The van der Waals surface area contributed by atoms with Crippen LogP contribution in [-0.4, -0.2) is 51.0 Å². The lowest BCUT2D eigenvalue weighted by atomic mass is 9.93. The topological polar surface area (TPSA) is 150 Å². The van der Waals surface area contributed by atoms with Crippen molar-refractivity contribution in [2.24, 2.45) is 5.73 Å². The van der Waals surface area contributed by atoms with Gasteiger partial charge >= 0.3 is 0 Å². The Morgan fingerprint density at radius 2 is 1.84 bits per heavy atom. The van der Waals surface area contributed by atoms with Crippen molar-refractivity contribution in [3.63, 3.8) is 0 Å². The Bertz CT molecular complexity index is 1450. The number of fused-ring (bicyclic) bond motifs is 1. The molecule has 0 fully saturated rings. The summed E-state index contributed by atoms with van der Waals surface area (Å²) in [6, 6.07) is 15.2. The molecule has 0 saturated carbocycles. The molecule has 2 amide bonds. The molecule has 0 aliphatic heterocycles. The molecule has 0 aliphatic rings. The van der Waals surface area contributed by atoms with Gasteiger partial charge in [0.25, 0.3) is 5.91 Å². The number of aromatic amines is 1. The quantitative estimate of drug-likeness (QED) is 0.236. The van der Waals surface area contributed by atoms with E-state index in [2.05, 4.69) is 15.3 Å². The molecule has 9 nitrogen and oxygen atoms in total. The van der Waals surface area contributed by atoms with E-state index in [1.54, 1.807) is 53.4 Å². The van der Waals surface area contributed by atoms with E-state index < -0.39 is 29.8 Å². The molecule has 1 heterocycles. The van der Waals surface area contributed by atoms with Gasteiger partial charge in [0.2, 0.25) is 5.91 Å². The lowest BCUT2D eigenvalue weighted by Gasteiger charge is -2.33. The Balaban J connectivity index is 1.66. The molecule has 2 atom stereocenters. The molecule has 4 aromatic rings. The Kier molecular flexibility index (Phi) is 7.51. The minimum Gasteiger partial charge on any atom is -0.381 e. The Labute approximate surface area is 213 Å². The molecule has 0 spiro atoms. The average molecular weight is 505 g/mol. The summed E-state index contributed by atoms with van der Waals surface area (Å²) in [4.78, 5) is 33.8. The predicted molar refractivity (Wildman–Crippen MR) is 141 cm³/mol. The summed E-state index contributed by atoms with van der Waals surface area (Å²) < 4.78 is 15.6. The highest BCUT2D eigenvalue weighted by Crippen LogP contribution is 2.32. The van der Waals surface area contributed by atoms with E-state index in [1.165, 1.54) is 12.1 Å². The van der Waals surface area contributed by atoms with E-state index in [9.17, 15) is 14.7 Å². The maximum absolute atomic E-state index is 15.6. The standard InChI is InChI=1S/C27H29FN6O3/c1-3-34(4-2)23(24(35)26(37)31-16-10-12-21-22(14-16)33-27(30)32-21)19-11-9-15(13-20(19)28)17-7-5-6-8-18(17)25(29)36/h5-14,23-24,35H,3-4H2,1-2H3,(H2,29,36)(H,31,37)(H3,30,32,33). The molecular formula is C27H29FN6O3. The van der Waals surface area contributed by atoms with Crippen LogP contribution < -0.4 is 16.8 Å². The average Bonchev–Trinajstić information content (AvgIpc) is 3.26. The molecule has 7 N–H and O–H groups in total. The number of H-pyrrole nitrogens is 1. The first kappa shape index (κ1) is 25.8. The Morgan fingerprint density at radius 3 is 2.51 bits per heavy atom. The monoisotopic (exact) mass is 504 g/mol. The first-order valence-electron chi connectivity index (χ1n) is 11.9. The fourth-order valence-electron chi connectivity index (χ4n) is 4.53. The Hall–Kier alpha value is -4.28. The number of likely N-dealkylation sites (N-methyl/N-ethyl adjacent to an activating group) is 1. The van der Waals surface area contributed by atoms with Gasteiger partial charge in [0.1, 0.15) is 5.82 Å². The number of anilines is 2. The molecule has 0 radical (unpaired) electrons. The number of nitrogens with one attached hydrogen (secondary N) is 2. The summed E-state index contributed by atoms with van der Waals surface area (Å²) in [7, 11) is 0. The number of nitrogen functional groups attached to an aromatic ring is 1. The second-order valence-electron chi connectivity index (χ2n) is 8.60. The summed E-state index contributed by atoms with van der Waals surface area (Å²) >= 11 is 0. The molecule has 10 heteroatoms. The number of halogens is 1. The SMILES string of the molecule is CCN(CC)C(c1ccc(-c2ccccc2C(N)=O)cc1F)C(O)C(=O)Nc1ccc2nc(N)[nH]c2c1. The first-order chi connectivity index (χ1) is 17.7. The van der Waals surface area contributed by atoms with E-state index in [0.29, 0.717) is 40.9 Å². The van der Waals surface area contributed by atoms with Gasteiger partial charge in [-0.1, -0.05) is 44.2 Å². The molecule has 4 rings (SSSR count). The molecule has 1 aromatic heterocycles. The van der Waals surface area contributed by atoms with Crippen LogP contribution in [0.5, 0.6) is 0 Å². The number of hydrogen-bond acceptors (Lipinski definition) is 6. The van der Waals surface area contributed by atoms with Gasteiger partial charge in [-0.05, 0) is 54.5 Å². The summed E-state index contributed by atoms with van der Waals surface area (Å²) in [5.74, 6) is -1.68. The Morgan fingerprint density at radius 1 is 1.11 bits per heavy atom. The van der Waals surface area contributed by atoms with Crippen LogP contribution in [0.1, 0.15) is 35.8 Å². The normalized spacial score (nSPS) is 13.0. The van der Waals surface area contributed by atoms with Gasteiger partial charge in [-0.3, -0.25) is 14.5 Å². The van der Waals surface area contributed by atoms with Gasteiger partial charge < -0.3 is 26.9 Å². The first-order valence-corrected chi connectivity index (χ1v) is 11.9. The number of primary amides is 1. The fourth-order valence-corrected chi connectivity index (χ4v) is 4.53. The smallest absolute Gasteiger partial charge is 0.255 e. The van der Waals surface area contributed by atoms with Crippen LogP contribution in [0.3, 0.4) is 0 Å². The second-order valence-corrected chi connectivity index (χ2v) is 8.60. The van der Waals surface area contributed by atoms with Gasteiger partial charge in [-0.2, -0.15) is 0 Å². The number of hydrogen-bond donors (Lipinski definition) is 5. The van der Waals surface area contributed by atoms with Crippen molar-refractivity contribution in [1.82, 2.24) is 14.9 Å². The number of amides is 2. The van der Waals surface area contributed by atoms with Crippen LogP contribution in [0.25, 0.3) is 22.2 Å². The van der Waals surface area contributed by atoms with E-state index in [-0.39, 0.29) is 17.1 Å². The van der Waals surface area contributed by atoms with Crippen molar-refractivity contribution < 1.29 is 19.1 Å². The highest BCUT2D eigenvalue weighted by molar-refractivity contribution is 6.00. The summed E-state index contributed by atoms with van der Waals surface area (Å²) in [5.41, 5.74) is 14.2. The van der Waals surface area contributed by atoms with Gasteiger partial charge in [-0.25, -0.2) is 9.37 Å². The number of nitrogens with two attached hydrogens (primary N) is 2. The van der Waals surface area contributed by atoms with Crippen LogP contribution in [0.15, 0.2) is 60.7 Å². The third-order valence-electron chi connectivity index (χ3n) is 6.36. The van der Waals surface area contributed by atoms with E-state index in [0.717, 1.165) is 0 Å². The van der Waals surface area contributed by atoms with Crippen LogP contribution in [0.2, 0.25) is 0 Å². The van der Waals surface area contributed by atoms with Crippen molar-refractivity contribution in [3.8, 4) is 11.1 Å². The minimum absolute atomic E-state index is 0.156. The largest absolute Gasteiger partial charge is 0.381 e. The molecule has 3 aromatic carbocycles. The van der Waals surface area contributed by atoms with Crippen molar-refractivity contribution in [2.45, 2.75) is 26.0 Å². The lowest BCUT2D eigenvalue weighted by Crippen LogP contribution is -2.43. The summed E-state index contributed by atoms with van der Waals surface area (Å²) in [6.07, 6.45) is -1.58. The molecule has 0 aliphatic carbocycles.